The molecule has 1 aliphatic heterocycles. The molecule has 0 radical (unpaired) electrons. The summed E-state index contributed by atoms with van der Waals surface area (Å²) in [7, 11) is 0. The Morgan fingerprint density at radius 1 is 1.11 bits per heavy atom. The van der Waals surface area contributed by atoms with E-state index in [2.05, 4.69) is 0 Å². The van der Waals surface area contributed by atoms with Crippen molar-refractivity contribution in [3.63, 3.8) is 0 Å². The molecule has 1 aromatic heterocycles. The number of carboxylic acids is 1. The molecule has 1 N–H and O–H groups in total. The van der Waals surface area contributed by atoms with Gasteiger partial charge in [0.05, 0.1) is 6.42 Å². The first-order valence-electron chi connectivity index (χ1n) is 11.6. The maximum atomic E-state index is 11.9. The fourth-order valence-corrected chi connectivity index (χ4v) is 4.00. The van der Waals surface area contributed by atoms with E-state index < -0.39 is 25.1 Å². The predicted octanol–water partition coefficient (Wildman–Crippen LogP) is 5.68. The summed E-state index contributed by atoms with van der Waals surface area (Å²) >= 11 is 6.07. The van der Waals surface area contributed by atoms with Gasteiger partial charge in [-0.05, 0) is 35.1 Å². The fourth-order valence-electron chi connectivity index (χ4n) is 3.88. The van der Waals surface area contributed by atoms with Crippen molar-refractivity contribution in [1.82, 2.24) is 4.57 Å². The summed E-state index contributed by atoms with van der Waals surface area (Å²) in [6, 6.07) is 16.2. The highest BCUT2D eigenvalue weighted by molar-refractivity contribution is 6.30. The van der Waals surface area contributed by atoms with Crippen LogP contribution in [0.1, 0.15) is 33.3 Å². The molecule has 0 fully saturated rings. The molecule has 4 rings (SSSR count). The van der Waals surface area contributed by atoms with E-state index in [1.165, 1.54) is 0 Å². The molecule has 2 aromatic carbocycles. The van der Waals surface area contributed by atoms with E-state index >= 15 is 0 Å². The topological polar surface area (TPSA) is 42.2 Å². The summed E-state index contributed by atoms with van der Waals surface area (Å²) in [6.45, 7) is -5.86. The summed E-state index contributed by atoms with van der Waals surface area (Å²) < 4.78 is 50.2. The number of aromatic nitrogens is 1. The number of halogens is 1. The van der Waals surface area contributed by atoms with Crippen LogP contribution < -0.4 is 0 Å². The Hall–Kier alpha value is -2.52. The summed E-state index contributed by atoms with van der Waals surface area (Å²) in [6.07, 6.45) is -0.597. The minimum Gasteiger partial charge on any atom is -0.481 e. The van der Waals surface area contributed by atoms with E-state index in [-0.39, 0.29) is 19.4 Å². The molecule has 0 spiro atoms. The Kier molecular flexibility index (Phi) is 2.93. The van der Waals surface area contributed by atoms with Crippen molar-refractivity contribution in [1.29, 1.82) is 0 Å². The lowest BCUT2D eigenvalue weighted by molar-refractivity contribution is -0.136. The van der Waals surface area contributed by atoms with Crippen LogP contribution in [0.5, 0.6) is 0 Å². The van der Waals surface area contributed by atoms with Gasteiger partial charge in [0.25, 0.3) is 0 Å². The van der Waals surface area contributed by atoms with E-state index in [0.29, 0.717) is 27.5 Å². The van der Waals surface area contributed by atoms with Crippen LogP contribution in [0, 0.1) is 5.41 Å². The molecule has 0 bridgehead atoms. The Balaban J connectivity index is 2.06. The first kappa shape index (κ1) is 12.0. The van der Waals surface area contributed by atoms with Crippen molar-refractivity contribution in [3.05, 3.63) is 71.0 Å². The lowest BCUT2D eigenvalue weighted by atomic mass is 9.86. The summed E-state index contributed by atoms with van der Waals surface area (Å²) in [5.41, 5.74) is 1.69. The lowest BCUT2D eigenvalue weighted by Gasteiger charge is -2.18. The Labute approximate surface area is 172 Å². The zero-order valence-corrected chi connectivity index (χ0v) is 15.3. The molecule has 3 nitrogen and oxygen atoms in total. The van der Waals surface area contributed by atoms with Gasteiger partial charge in [0, 0.05) is 42.3 Å². The molecule has 0 unspecified atom stereocenters. The van der Waals surface area contributed by atoms with E-state index in [4.69, 9.17) is 19.8 Å². The van der Waals surface area contributed by atoms with Crippen molar-refractivity contribution in [3.8, 4) is 22.3 Å². The minimum absolute atomic E-state index is 0.218. The minimum atomic E-state index is -2.77. The second kappa shape index (κ2) is 6.58. The number of nitrogens with zero attached hydrogens (tertiary/aromatic N) is 1. The number of rotatable bonds is 4. The van der Waals surface area contributed by atoms with Crippen LogP contribution in [0.3, 0.4) is 0 Å². The number of fused-ring (bicyclic) bond motifs is 1. The van der Waals surface area contributed by atoms with Gasteiger partial charge in [0.1, 0.15) is 0 Å². The van der Waals surface area contributed by atoms with Crippen LogP contribution >= 0.6 is 11.6 Å². The predicted molar refractivity (Wildman–Crippen MR) is 109 cm³/mol. The summed E-state index contributed by atoms with van der Waals surface area (Å²) in [5.74, 6) is -1.09. The molecule has 0 saturated heterocycles. The van der Waals surface area contributed by atoms with Crippen molar-refractivity contribution in [2.24, 2.45) is 5.41 Å². The van der Waals surface area contributed by atoms with Gasteiger partial charge in [0.15, 0.2) is 0 Å². The van der Waals surface area contributed by atoms with Gasteiger partial charge >= 0.3 is 5.97 Å². The third kappa shape index (κ3) is 3.28. The normalized spacial score (nSPS) is 19.1. The SMILES string of the molecule is [2H]C([2H])([2H])C1(C([2H])([2H])[2H])Cc2c(-c3ccccc3)c(-c3ccc(Cl)cc3)c(CC(=O)O)n2C1. The van der Waals surface area contributed by atoms with Gasteiger partial charge in [-0.1, -0.05) is 67.8 Å². The molecule has 4 heteroatoms. The first-order valence-corrected chi connectivity index (χ1v) is 9.01. The molecule has 0 amide bonds. The molecule has 2 heterocycles. The van der Waals surface area contributed by atoms with Gasteiger partial charge in [-0.15, -0.1) is 0 Å². The van der Waals surface area contributed by atoms with Crippen LogP contribution in [-0.2, 0) is 24.2 Å². The zero-order valence-electron chi connectivity index (χ0n) is 20.5. The van der Waals surface area contributed by atoms with Crippen LogP contribution in [0.2, 0.25) is 5.02 Å². The average Bonchev–Trinajstić information content (AvgIpc) is 3.25. The van der Waals surface area contributed by atoms with Crippen LogP contribution in [0.15, 0.2) is 54.6 Å². The van der Waals surface area contributed by atoms with E-state index in [1.54, 1.807) is 28.8 Å². The molecule has 0 aliphatic carbocycles. The standard InChI is InChI=1S/C23H22ClNO2/c1-23(2)13-19-22(15-6-4-3-5-7-15)21(16-8-10-17(24)11-9-16)18(12-20(26)27)25(19)14-23/h3-11H,12-14H2,1-2H3,(H,26,27)/i1D3,2D3. The Bertz CT molecular complexity index is 1180. The Morgan fingerprint density at radius 2 is 1.78 bits per heavy atom. The van der Waals surface area contributed by atoms with Crippen molar-refractivity contribution in [2.75, 3.05) is 0 Å². The average molecular weight is 386 g/mol. The van der Waals surface area contributed by atoms with Crippen molar-refractivity contribution < 1.29 is 18.1 Å². The molecular formula is C23H22ClNO2. The summed E-state index contributed by atoms with van der Waals surface area (Å²) in [5, 5.41) is 10.2. The summed E-state index contributed by atoms with van der Waals surface area (Å²) in [4.78, 5) is 11.9. The zero-order chi connectivity index (χ0) is 24.2. The van der Waals surface area contributed by atoms with Gasteiger partial charge in [-0.25, -0.2) is 0 Å². The monoisotopic (exact) mass is 385 g/mol. The lowest BCUT2D eigenvalue weighted by Crippen LogP contribution is -2.15. The quantitative estimate of drug-likeness (QED) is 0.627. The molecule has 1 aliphatic rings. The van der Waals surface area contributed by atoms with E-state index in [1.807, 2.05) is 30.3 Å². The number of benzene rings is 2. The second-order valence-corrected chi connectivity index (χ2v) is 7.37. The maximum Gasteiger partial charge on any atom is 0.309 e. The Morgan fingerprint density at radius 3 is 2.41 bits per heavy atom. The van der Waals surface area contributed by atoms with Gasteiger partial charge in [-0.3, -0.25) is 4.79 Å². The molecule has 138 valence electrons. The first-order chi connectivity index (χ1) is 15.4. The van der Waals surface area contributed by atoms with Gasteiger partial charge in [-0.2, -0.15) is 0 Å². The maximum absolute atomic E-state index is 11.9. The highest BCUT2D eigenvalue weighted by atomic mass is 35.5. The van der Waals surface area contributed by atoms with Crippen molar-refractivity contribution in [2.45, 2.75) is 33.1 Å². The molecular weight excluding hydrogens is 358 g/mol. The highest BCUT2D eigenvalue weighted by Crippen LogP contribution is 2.47. The number of hydrogen-bond donors (Lipinski definition) is 1. The second-order valence-electron chi connectivity index (χ2n) is 6.93. The number of carbonyl (C=O) groups is 1. The van der Waals surface area contributed by atoms with Crippen molar-refractivity contribution >= 4 is 17.6 Å². The molecule has 3 aromatic rings. The van der Waals surface area contributed by atoms with Crippen LogP contribution in [0.25, 0.3) is 22.3 Å². The smallest absolute Gasteiger partial charge is 0.309 e. The number of aliphatic carboxylic acids is 1. The number of carboxylic acid groups (broad SMARTS) is 1. The van der Waals surface area contributed by atoms with Crippen LogP contribution in [0.4, 0.5) is 0 Å². The van der Waals surface area contributed by atoms with Crippen LogP contribution in [-0.4, -0.2) is 15.6 Å². The molecule has 0 saturated carbocycles. The fraction of sp³-hybridized carbons (Fsp3) is 0.261. The van der Waals surface area contributed by atoms with E-state index in [9.17, 15) is 9.90 Å². The molecule has 0 atom stereocenters. The third-order valence-electron chi connectivity index (χ3n) is 4.89. The van der Waals surface area contributed by atoms with Gasteiger partial charge < -0.3 is 9.67 Å². The largest absolute Gasteiger partial charge is 0.481 e. The third-order valence-corrected chi connectivity index (χ3v) is 5.14. The van der Waals surface area contributed by atoms with E-state index in [0.717, 1.165) is 11.1 Å². The molecule has 27 heavy (non-hydrogen) atoms. The van der Waals surface area contributed by atoms with Gasteiger partial charge in [0.2, 0.25) is 0 Å². The highest BCUT2D eigenvalue weighted by Gasteiger charge is 2.36. The number of hydrogen-bond acceptors (Lipinski definition) is 1.